The highest BCUT2D eigenvalue weighted by atomic mass is 127. The molecule has 0 aliphatic carbocycles. The molecule has 2 rings (SSSR count). The zero-order valence-corrected chi connectivity index (χ0v) is 17.9. The highest BCUT2D eigenvalue weighted by Crippen LogP contribution is 2.18. The first kappa shape index (κ1) is 22.9. The van der Waals surface area contributed by atoms with Crippen molar-refractivity contribution in [3.05, 3.63) is 42.3 Å². The number of aromatic nitrogens is 1. The van der Waals surface area contributed by atoms with Crippen LogP contribution in [0.5, 0.6) is 0 Å². The number of ether oxygens (including phenoxy) is 1. The van der Waals surface area contributed by atoms with E-state index in [-0.39, 0.29) is 36.4 Å². The highest BCUT2D eigenvalue weighted by Gasteiger charge is 2.07. The number of rotatable bonds is 9. The van der Waals surface area contributed by atoms with Crippen molar-refractivity contribution in [1.82, 2.24) is 20.9 Å². The molecule has 0 aliphatic heterocycles. The van der Waals surface area contributed by atoms with Gasteiger partial charge in [0.2, 0.25) is 11.8 Å². The third-order valence-electron chi connectivity index (χ3n) is 3.36. The lowest BCUT2D eigenvalue weighted by atomic mass is 10.2. The minimum Gasteiger partial charge on any atom is -0.444 e. The first-order chi connectivity index (χ1) is 12.7. The second kappa shape index (κ2) is 13.1. The molecule has 0 atom stereocenters. The summed E-state index contributed by atoms with van der Waals surface area (Å²) in [5, 5.41) is 8.81. The molecular weight excluding hydrogens is 461 g/mol. The Hall–Kier alpha value is -2.14. The van der Waals surface area contributed by atoms with Gasteiger partial charge in [0, 0.05) is 25.8 Å². The summed E-state index contributed by atoms with van der Waals surface area (Å²) in [4.78, 5) is 20.6. The molecule has 9 heteroatoms. The zero-order valence-electron chi connectivity index (χ0n) is 15.5. The van der Waals surface area contributed by atoms with Gasteiger partial charge in [0.15, 0.2) is 5.96 Å². The summed E-state index contributed by atoms with van der Waals surface area (Å²) >= 11 is 0. The van der Waals surface area contributed by atoms with Crippen LogP contribution in [0.25, 0.3) is 11.5 Å². The minimum absolute atomic E-state index is 0. The van der Waals surface area contributed by atoms with E-state index in [0.717, 1.165) is 5.56 Å². The topological polar surface area (TPSA) is 101 Å². The van der Waals surface area contributed by atoms with Gasteiger partial charge in [0.1, 0.15) is 12.0 Å². The van der Waals surface area contributed by atoms with Crippen molar-refractivity contribution in [3.8, 4) is 11.5 Å². The van der Waals surface area contributed by atoms with Crippen LogP contribution in [-0.2, 0) is 16.1 Å². The number of methoxy groups -OCH3 is 1. The molecule has 8 nitrogen and oxygen atoms in total. The first-order valence-corrected chi connectivity index (χ1v) is 8.50. The Labute approximate surface area is 176 Å². The van der Waals surface area contributed by atoms with Crippen LogP contribution in [0.2, 0.25) is 0 Å². The monoisotopic (exact) mass is 487 g/mol. The van der Waals surface area contributed by atoms with E-state index in [9.17, 15) is 4.79 Å². The Morgan fingerprint density at radius 3 is 2.70 bits per heavy atom. The maximum Gasteiger partial charge on any atom is 0.239 e. The number of nitrogens with zero attached hydrogens (tertiary/aromatic N) is 2. The lowest BCUT2D eigenvalue weighted by Crippen LogP contribution is -2.43. The summed E-state index contributed by atoms with van der Waals surface area (Å²) in [6.45, 7) is 4.08. The molecule has 2 aromatic rings. The zero-order chi connectivity index (χ0) is 18.6. The maximum absolute atomic E-state index is 11.7. The number of benzene rings is 1. The summed E-state index contributed by atoms with van der Waals surface area (Å²) in [6, 6.07) is 9.68. The number of halogens is 1. The van der Waals surface area contributed by atoms with Gasteiger partial charge in [0.25, 0.3) is 0 Å². The number of amides is 1. The predicted octanol–water partition coefficient (Wildman–Crippen LogP) is 1.78. The van der Waals surface area contributed by atoms with E-state index in [1.54, 1.807) is 13.4 Å². The summed E-state index contributed by atoms with van der Waals surface area (Å²) < 4.78 is 10.4. The van der Waals surface area contributed by atoms with Crippen molar-refractivity contribution >= 4 is 35.8 Å². The van der Waals surface area contributed by atoms with Gasteiger partial charge in [-0.2, -0.15) is 0 Å². The second-order valence-corrected chi connectivity index (χ2v) is 5.40. The molecule has 0 saturated carbocycles. The molecule has 148 valence electrons. The average Bonchev–Trinajstić information content (AvgIpc) is 3.14. The Bertz CT molecular complexity index is 706. The fourth-order valence-corrected chi connectivity index (χ4v) is 2.11. The predicted molar refractivity (Wildman–Crippen MR) is 115 cm³/mol. The van der Waals surface area contributed by atoms with Gasteiger partial charge in [-0.15, -0.1) is 24.0 Å². The Balaban J connectivity index is 0.00000364. The SMILES string of the molecule is CCNC(=NCc1coc(-c2ccccc2)n1)NCC(=O)NCCOC.I. The van der Waals surface area contributed by atoms with Gasteiger partial charge in [0.05, 0.1) is 19.7 Å². The molecule has 0 saturated heterocycles. The molecule has 0 fully saturated rings. The fourth-order valence-electron chi connectivity index (χ4n) is 2.11. The van der Waals surface area contributed by atoms with Crippen LogP contribution in [0.3, 0.4) is 0 Å². The van der Waals surface area contributed by atoms with Crippen molar-refractivity contribution in [2.45, 2.75) is 13.5 Å². The average molecular weight is 487 g/mol. The van der Waals surface area contributed by atoms with Crippen molar-refractivity contribution in [2.75, 3.05) is 33.4 Å². The van der Waals surface area contributed by atoms with Gasteiger partial charge in [-0.3, -0.25) is 4.79 Å². The van der Waals surface area contributed by atoms with E-state index >= 15 is 0 Å². The van der Waals surface area contributed by atoms with E-state index in [1.807, 2.05) is 37.3 Å². The fraction of sp³-hybridized carbons (Fsp3) is 0.389. The van der Waals surface area contributed by atoms with Crippen molar-refractivity contribution in [3.63, 3.8) is 0 Å². The number of oxazole rings is 1. The van der Waals surface area contributed by atoms with Crippen molar-refractivity contribution in [2.24, 2.45) is 4.99 Å². The molecule has 1 amide bonds. The van der Waals surface area contributed by atoms with E-state index in [1.165, 1.54) is 0 Å². The first-order valence-electron chi connectivity index (χ1n) is 8.50. The smallest absolute Gasteiger partial charge is 0.239 e. The Morgan fingerprint density at radius 1 is 1.22 bits per heavy atom. The number of hydrogen-bond donors (Lipinski definition) is 3. The van der Waals surface area contributed by atoms with Crippen molar-refractivity contribution in [1.29, 1.82) is 0 Å². The van der Waals surface area contributed by atoms with Gasteiger partial charge < -0.3 is 25.1 Å². The summed E-state index contributed by atoms with van der Waals surface area (Å²) in [7, 11) is 1.59. The molecule has 1 aromatic carbocycles. The van der Waals surface area contributed by atoms with E-state index < -0.39 is 0 Å². The maximum atomic E-state index is 11.7. The van der Waals surface area contributed by atoms with Crippen LogP contribution in [0.1, 0.15) is 12.6 Å². The summed E-state index contributed by atoms with van der Waals surface area (Å²) in [5.74, 6) is 0.977. The number of hydrogen-bond acceptors (Lipinski definition) is 5. The number of guanidine groups is 1. The molecule has 3 N–H and O–H groups in total. The van der Waals surface area contributed by atoms with Crippen LogP contribution < -0.4 is 16.0 Å². The highest BCUT2D eigenvalue weighted by molar-refractivity contribution is 14.0. The lowest BCUT2D eigenvalue weighted by Gasteiger charge is -2.11. The van der Waals surface area contributed by atoms with Crippen LogP contribution in [0.4, 0.5) is 0 Å². The molecule has 1 heterocycles. The number of aliphatic imine (C=N–C) groups is 1. The summed E-state index contributed by atoms with van der Waals surface area (Å²) in [6.07, 6.45) is 1.59. The quantitative estimate of drug-likeness (QED) is 0.216. The standard InChI is InChI=1S/C18H25N5O3.HI/c1-3-19-18(22-12-16(24)20-9-10-25-2)21-11-15-13-26-17(23-15)14-7-5-4-6-8-14;/h4-8,13H,3,9-12H2,1-2H3,(H,20,24)(H2,19,21,22);1H. The van der Waals surface area contributed by atoms with Crippen molar-refractivity contribution < 1.29 is 13.9 Å². The molecule has 27 heavy (non-hydrogen) atoms. The van der Waals surface area contributed by atoms with Crippen LogP contribution in [0, 0.1) is 0 Å². The number of nitrogens with one attached hydrogen (secondary N) is 3. The number of carbonyl (C=O) groups excluding carboxylic acids is 1. The normalized spacial score (nSPS) is 10.8. The van der Waals surface area contributed by atoms with Gasteiger partial charge in [-0.1, -0.05) is 18.2 Å². The van der Waals surface area contributed by atoms with E-state index in [2.05, 4.69) is 25.9 Å². The molecule has 0 spiro atoms. The summed E-state index contributed by atoms with van der Waals surface area (Å²) in [5.41, 5.74) is 1.63. The molecule has 0 unspecified atom stereocenters. The van der Waals surface area contributed by atoms with Crippen LogP contribution in [0.15, 0.2) is 46.0 Å². The third-order valence-corrected chi connectivity index (χ3v) is 3.36. The van der Waals surface area contributed by atoms with E-state index in [0.29, 0.717) is 43.8 Å². The largest absolute Gasteiger partial charge is 0.444 e. The van der Waals surface area contributed by atoms with Gasteiger partial charge in [-0.05, 0) is 19.1 Å². The second-order valence-electron chi connectivity index (χ2n) is 5.40. The Kier molecular flexibility index (Phi) is 11.1. The molecule has 0 aliphatic rings. The third kappa shape index (κ3) is 8.39. The van der Waals surface area contributed by atoms with Crippen LogP contribution in [-0.4, -0.2) is 50.2 Å². The lowest BCUT2D eigenvalue weighted by molar-refractivity contribution is -0.120. The molecule has 0 bridgehead atoms. The number of carbonyl (C=O) groups is 1. The molecular formula is C18H26IN5O3. The van der Waals surface area contributed by atoms with Crippen LogP contribution >= 0.6 is 24.0 Å². The minimum atomic E-state index is -0.125. The Morgan fingerprint density at radius 2 is 2.00 bits per heavy atom. The molecule has 0 radical (unpaired) electrons. The molecule has 1 aromatic heterocycles. The van der Waals surface area contributed by atoms with E-state index in [4.69, 9.17) is 9.15 Å². The van der Waals surface area contributed by atoms with Gasteiger partial charge >= 0.3 is 0 Å². The van der Waals surface area contributed by atoms with Gasteiger partial charge in [-0.25, -0.2) is 9.98 Å².